The Morgan fingerprint density at radius 3 is 2.68 bits per heavy atom. The summed E-state index contributed by atoms with van der Waals surface area (Å²) < 4.78 is 37.6. The molecule has 0 saturated heterocycles. The summed E-state index contributed by atoms with van der Waals surface area (Å²) >= 11 is 0. The van der Waals surface area contributed by atoms with Gasteiger partial charge in [0.1, 0.15) is 12.4 Å². The van der Waals surface area contributed by atoms with Crippen LogP contribution in [0.1, 0.15) is 5.56 Å². The minimum Gasteiger partial charge on any atom is -0.369 e. The van der Waals surface area contributed by atoms with Crippen molar-refractivity contribution in [3.63, 3.8) is 0 Å². The van der Waals surface area contributed by atoms with E-state index in [1.54, 1.807) is 6.07 Å². The second-order valence-electron chi connectivity index (χ2n) is 3.78. The van der Waals surface area contributed by atoms with Crippen LogP contribution < -0.4 is 5.73 Å². The molecule has 102 valence electrons. The Labute approximate surface area is 110 Å². The Bertz CT molecular complexity index is 610. The molecule has 8 heteroatoms. The first-order valence-electron chi connectivity index (χ1n) is 5.22. The summed E-state index contributed by atoms with van der Waals surface area (Å²) in [5, 5.41) is 8.55. The Kier molecular flexibility index (Phi) is 4.97. The fraction of sp³-hybridized carbons (Fsp3) is 0.273. The minimum absolute atomic E-state index is 0.229. The molecular weight excluding hydrogens is 273 g/mol. The van der Waals surface area contributed by atoms with E-state index in [-0.39, 0.29) is 5.56 Å². The third kappa shape index (κ3) is 4.65. The molecule has 1 aromatic rings. The Morgan fingerprint density at radius 2 is 2.16 bits per heavy atom. The van der Waals surface area contributed by atoms with Gasteiger partial charge in [-0.2, -0.15) is 9.57 Å². The van der Waals surface area contributed by atoms with Crippen LogP contribution in [0.3, 0.4) is 0 Å². The van der Waals surface area contributed by atoms with Gasteiger partial charge in [-0.3, -0.25) is 4.79 Å². The first-order chi connectivity index (χ1) is 8.85. The molecule has 1 rings (SSSR count). The zero-order valence-electron chi connectivity index (χ0n) is 9.91. The van der Waals surface area contributed by atoms with Crippen LogP contribution in [0.4, 0.5) is 4.39 Å². The highest BCUT2D eigenvalue weighted by Gasteiger charge is 2.24. The van der Waals surface area contributed by atoms with Gasteiger partial charge < -0.3 is 5.73 Å². The monoisotopic (exact) mass is 285 g/mol. The average molecular weight is 285 g/mol. The number of nitriles is 1. The largest absolute Gasteiger partial charge is 0.369 e. The molecule has 2 N–H and O–H groups in total. The highest BCUT2D eigenvalue weighted by atomic mass is 32.2. The van der Waals surface area contributed by atoms with Gasteiger partial charge in [0.05, 0.1) is 18.4 Å². The highest BCUT2D eigenvalue weighted by molar-refractivity contribution is 7.88. The molecule has 0 aliphatic heterocycles. The number of carbonyl (C=O) groups is 1. The average Bonchev–Trinajstić information content (AvgIpc) is 2.27. The van der Waals surface area contributed by atoms with Crippen molar-refractivity contribution in [2.45, 2.75) is 5.75 Å². The molecule has 0 atom stereocenters. The summed E-state index contributed by atoms with van der Waals surface area (Å²) in [4.78, 5) is 10.8. The number of hydrogen-bond donors (Lipinski definition) is 1. The van der Waals surface area contributed by atoms with Crippen LogP contribution in [0.25, 0.3) is 0 Å². The first-order valence-corrected chi connectivity index (χ1v) is 6.83. The molecule has 1 aromatic carbocycles. The lowest BCUT2D eigenvalue weighted by Gasteiger charge is -2.17. The fourth-order valence-corrected chi connectivity index (χ4v) is 2.80. The number of nitrogens with zero attached hydrogens (tertiary/aromatic N) is 2. The van der Waals surface area contributed by atoms with E-state index in [1.165, 1.54) is 18.2 Å². The Balaban J connectivity index is 2.95. The molecule has 0 aliphatic rings. The van der Waals surface area contributed by atoms with Gasteiger partial charge in [-0.05, 0) is 17.7 Å². The molecule has 0 unspecified atom stereocenters. The number of sulfonamides is 1. The van der Waals surface area contributed by atoms with Crippen molar-refractivity contribution in [1.82, 2.24) is 4.31 Å². The van der Waals surface area contributed by atoms with Crippen LogP contribution in [-0.4, -0.2) is 31.7 Å². The second kappa shape index (κ2) is 6.26. The van der Waals surface area contributed by atoms with E-state index >= 15 is 0 Å². The van der Waals surface area contributed by atoms with Gasteiger partial charge in [0, 0.05) is 0 Å². The second-order valence-corrected chi connectivity index (χ2v) is 5.75. The minimum atomic E-state index is -3.91. The topological polar surface area (TPSA) is 104 Å². The van der Waals surface area contributed by atoms with E-state index in [0.717, 1.165) is 6.07 Å². The van der Waals surface area contributed by atoms with E-state index < -0.39 is 40.6 Å². The number of primary amides is 1. The van der Waals surface area contributed by atoms with Crippen LogP contribution in [-0.2, 0) is 20.6 Å². The quantitative estimate of drug-likeness (QED) is 0.741. The van der Waals surface area contributed by atoms with Gasteiger partial charge >= 0.3 is 0 Å². The van der Waals surface area contributed by atoms with E-state index in [0.29, 0.717) is 4.31 Å². The zero-order chi connectivity index (χ0) is 14.5. The van der Waals surface area contributed by atoms with Gasteiger partial charge in [0.25, 0.3) is 0 Å². The molecule has 0 bridgehead atoms. The van der Waals surface area contributed by atoms with Crippen molar-refractivity contribution in [1.29, 1.82) is 5.26 Å². The van der Waals surface area contributed by atoms with Crippen molar-refractivity contribution in [3.8, 4) is 6.07 Å². The van der Waals surface area contributed by atoms with Crippen molar-refractivity contribution in [2.24, 2.45) is 5.73 Å². The van der Waals surface area contributed by atoms with Crippen LogP contribution in [0.5, 0.6) is 0 Å². The third-order valence-electron chi connectivity index (χ3n) is 2.21. The molecule has 0 radical (unpaired) electrons. The number of benzene rings is 1. The lowest BCUT2D eigenvalue weighted by Crippen LogP contribution is -2.39. The van der Waals surface area contributed by atoms with Crippen LogP contribution in [0.15, 0.2) is 24.3 Å². The molecule has 0 aliphatic carbocycles. The maximum atomic E-state index is 13.0. The van der Waals surface area contributed by atoms with Gasteiger partial charge in [-0.15, -0.1) is 0 Å². The predicted octanol–water partition coefficient (Wildman–Crippen LogP) is -0.0336. The highest BCUT2D eigenvalue weighted by Crippen LogP contribution is 2.11. The molecule has 6 nitrogen and oxygen atoms in total. The maximum absolute atomic E-state index is 13.0. The number of carbonyl (C=O) groups excluding carboxylic acids is 1. The Hall–Kier alpha value is -1.98. The normalized spacial score (nSPS) is 11.2. The standard InChI is InChI=1S/C11H12FN3O3S/c12-10-3-1-2-9(6-10)8-19(17,18)15(5-4-13)7-11(14)16/h1-3,6H,5,7-8H2,(H2,14,16). The summed E-state index contributed by atoms with van der Waals surface area (Å²) in [7, 11) is -3.91. The van der Waals surface area contributed by atoms with Gasteiger partial charge in [-0.25, -0.2) is 12.8 Å². The molecule has 0 spiro atoms. The van der Waals surface area contributed by atoms with Crippen LogP contribution in [0.2, 0.25) is 0 Å². The molecule has 1 amide bonds. The molecular formula is C11H12FN3O3S. The van der Waals surface area contributed by atoms with Crippen molar-refractivity contribution in [3.05, 3.63) is 35.6 Å². The predicted molar refractivity (Wildman–Crippen MR) is 65.4 cm³/mol. The number of halogens is 1. The van der Waals surface area contributed by atoms with Gasteiger partial charge in [0.2, 0.25) is 15.9 Å². The number of rotatable bonds is 6. The molecule has 0 aromatic heterocycles. The number of amides is 1. The van der Waals surface area contributed by atoms with Crippen molar-refractivity contribution in [2.75, 3.05) is 13.1 Å². The summed E-state index contributed by atoms with van der Waals surface area (Å²) in [6.07, 6.45) is 0. The van der Waals surface area contributed by atoms with E-state index in [9.17, 15) is 17.6 Å². The molecule has 0 heterocycles. The third-order valence-corrected chi connectivity index (χ3v) is 3.95. The summed E-state index contributed by atoms with van der Waals surface area (Å²) in [5.74, 6) is -1.92. The van der Waals surface area contributed by atoms with Crippen LogP contribution >= 0.6 is 0 Å². The SMILES string of the molecule is N#CCN(CC(N)=O)S(=O)(=O)Cc1cccc(F)c1. The van der Waals surface area contributed by atoms with Crippen molar-refractivity contribution < 1.29 is 17.6 Å². The van der Waals surface area contributed by atoms with E-state index in [4.69, 9.17) is 11.0 Å². The number of hydrogen-bond acceptors (Lipinski definition) is 4. The number of nitrogens with two attached hydrogens (primary N) is 1. The smallest absolute Gasteiger partial charge is 0.232 e. The maximum Gasteiger partial charge on any atom is 0.232 e. The van der Waals surface area contributed by atoms with E-state index in [1.807, 2.05) is 0 Å². The summed E-state index contributed by atoms with van der Waals surface area (Å²) in [5.41, 5.74) is 5.15. The first kappa shape index (κ1) is 15.1. The Morgan fingerprint density at radius 1 is 1.47 bits per heavy atom. The summed E-state index contributed by atoms with van der Waals surface area (Å²) in [6.45, 7) is -1.06. The molecule has 19 heavy (non-hydrogen) atoms. The molecule has 0 fully saturated rings. The van der Waals surface area contributed by atoms with Gasteiger partial charge in [0.15, 0.2) is 0 Å². The fourth-order valence-electron chi connectivity index (χ4n) is 1.43. The van der Waals surface area contributed by atoms with Crippen molar-refractivity contribution >= 4 is 15.9 Å². The van der Waals surface area contributed by atoms with Crippen LogP contribution in [0, 0.1) is 17.1 Å². The lowest BCUT2D eigenvalue weighted by molar-refractivity contribution is -0.118. The van der Waals surface area contributed by atoms with E-state index in [2.05, 4.69) is 0 Å². The lowest BCUT2D eigenvalue weighted by atomic mass is 10.2. The molecule has 0 saturated carbocycles. The zero-order valence-corrected chi connectivity index (χ0v) is 10.7. The summed E-state index contributed by atoms with van der Waals surface area (Å²) in [6, 6.07) is 6.72. The van der Waals surface area contributed by atoms with Gasteiger partial charge in [-0.1, -0.05) is 12.1 Å².